The van der Waals surface area contributed by atoms with E-state index < -0.39 is 0 Å². The standard InChI is InChI=1S/C45H25N5/c46-26-29-18-23-42-39(24-29)37-13-2-3-15-40(37)49(42)35-11-5-8-32(25-35)30-19-21-31(22-20-30)44-33(27-47)9-7-17-43(44)50-41-16-4-1-12-36(41)38-14-6-10-34(28-48)45(38)50/h1-25H. The highest BCUT2D eigenvalue weighted by Crippen LogP contribution is 2.40. The molecule has 230 valence electrons. The zero-order valence-corrected chi connectivity index (χ0v) is 26.7. The van der Waals surface area contributed by atoms with Crippen molar-refractivity contribution in [1.29, 1.82) is 15.8 Å². The Morgan fingerprint density at radius 1 is 0.400 bits per heavy atom. The van der Waals surface area contributed by atoms with Gasteiger partial charge < -0.3 is 9.13 Å². The summed E-state index contributed by atoms with van der Waals surface area (Å²) < 4.78 is 4.38. The Labute approximate surface area is 287 Å². The molecule has 0 radical (unpaired) electrons. The Kier molecular flexibility index (Phi) is 6.56. The topological polar surface area (TPSA) is 81.2 Å². The molecule has 0 aliphatic heterocycles. The number of nitrogens with zero attached hydrogens (tertiary/aromatic N) is 5. The van der Waals surface area contributed by atoms with Crippen molar-refractivity contribution in [2.75, 3.05) is 0 Å². The van der Waals surface area contributed by atoms with Gasteiger partial charge in [0.15, 0.2) is 0 Å². The van der Waals surface area contributed by atoms with Crippen molar-refractivity contribution < 1.29 is 0 Å². The van der Waals surface area contributed by atoms with Crippen LogP contribution < -0.4 is 0 Å². The molecular weight excluding hydrogens is 611 g/mol. The molecule has 0 spiro atoms. The van der Waals surface area contributed by atoms with Crippen molar-refractivity contribution in [1.82, 2.24) is 9.13 Å². The van der Waals surface area contributed by atoms with Gasteiger partial charge in [0.2, 0.25) is 0 Å². The number of hydrogen-bond acceptors (Lipinski definition) is 3. The number of rotatable bonds is 4. The van der Waals surface area contributed by atoms with E-state index in [1.165, 1.54) is 0 Å². The Morgan fingerprint density at radius 2 is 1.02 bits per heavy atom. The summed E-state index contributed by atoms with van der Waals surface area (Å²) in [5.41, 5.74) is 11.4. The quantitative estimate of drug-likeness (QED) is 0.193. The SMILES string of the molecule is N#Cc1ccc2c(c1)c1ccccc1n2-c1cccc(-c2ccc(-c3c(C#N)cccc3-n3c4ccccc4c4cccc(C#N)c43)cc2)c1. The van der Waals surface area contributed by atoms with Crippen molar-refractivity contribution in [3.63, 3.8) is 0 Å². The monoisotopic (exact) mass is 635 g/mol. The van der Waals surface area contributed by atoms with E-state index in [1.54, 1.807) is 0 Å². The number of nitriles is 3. The number of aromatic nitrogens is 2. The third-order valence-electron chi connectivity index (χ3n) is 9.63. The molecule has 7 aromatic carbocycles. The number of fused-ring (bicyclic) bond motifs is 6. The van der Waals surface area contributed by atoms with Gasteiger partial charge in [0.25, 0.3) is 0 Å². The van der Waals surface area contributed by atoms with Crippen LogP contribution in [0.4, 0.5) is 0 Å². The summed E-state index contributed by atoms with van der Waals surface area (Å²) in [6, 6.07) is 57.8. The average molecular weight is 636 g/mol. The van der Waals surface area contributed by atoms with Crippen molar-refractivity contribution in [3.05, 3.63) is 168 Å². The molecule has 0 aliphatic rings. The van der Waals surface area contributed by atoms with Crippen LogP contribution in [0.1, 0.15) is 16.7 Å². The molecule has 2 heterocycles. The molecule has 0 bridgehead atoms. The van der Waals surface area contributed by atoms with E-state index in [9.17, 15) is 15.8 Å². The molecule has 0 unspecified atom stereocenters. The van der Waals surface area contributed by atoms with E-state index in [1.807, 2.05) is 72.8 Å². The fraction of sp³-hybridized carbons (Fsp3) is 0. The van der Waals surface area contributed by atoms with E-state index in [0.717, 1.165) is 77.2 Å². The van der Waals surface area contributed by atoms with Crippen molar-refractivity contribution in [2.24, 2.45) is 0 Å². The van der Waals surface area contributed by atoms with Gasteiger partial charge in [0, 0.05) is 32.8 Å². The number of para-hydroxylation sites is 3. The van der Waals surface area contributed by atoms with Crippen molar-refractivity contribution in [2.45, 2.75) is 0 Å². The van der Waals surface area contributed by atoms with Gasteiger partial charge in [0.05, 0.1) is 56.6 Å². The zero-order chi connectivity index (χ0) is 33.8. The molecule has 5 heteroatoms. The van der Waals surface area contributed by atoms with Gasteiger partial charge in [-0.2, -0.15) is 15.8 Å². The minimum Gasteiger partial charge on any atom is -0.309 e. The van der Waals surface area contributed by atoms with Crippen LogP contribution in [0.3, 0.4) is 0 Å². The molecule has 50 heavy (non-hydrogen) atoms. The van der Waals surface area contributed by atoms with Gasteiger partial charge >= 0.3 is 0 Å². The van der Waals surface area contributed by atoms with Crippen LogP contribution in [0.15, 0.2) is 152 Å². The van der Waals surface area contributed by atoms with Gasteiger partial charge in [-0.1, -0.05) is 91.0 Å². The summed E-state index contributed by atoms with van der Waals surface area (Å²) in [4.78, 5) is 0. The van der Waals surface area contributed by atoms with E-state index in [4.69, 9.17) is 0 Å². The Bertz CT molecular complexity index is 2960. The molecule has 9 rings (SSSR count). The maximum atomic E-state index is 10.3. The third-order valence-corrected chi connectivity index (χ3v) is 9.63. The largest absolute Gasteiger partial charge is 0.309 e. The van der Waals surface area contributed by atoms with Crippen LogP contribution in [-0.2, 0) is 0 Å². The molecule has 0 saturated heterocycles. The molecule has 5 nitrogen and oxygen atoms in total. The summed E-state index contributed by atoms with van der Waals surface area (Å²) in [7, 11) is 0. The first-order chi connectivity index (χ1) is 24.7. The van der Waals surface area contributed by atoms with Crippen LogP contribution in [0.25, 0.3) is 77.2 Å². The van der Waals surface area contributed by atoms with Crippen LogP contribution in [0.5, 0.6) is 0 Å². The Hall–Kier alpha value is -7.39. The van der Waals surface area contributed by atoms with Crippen LogP contribution in [0.2, 0.25) is 0 Å². The molecule has 2 aromatic heterocycles. The first kappa shape index (κ1) is 28.8. The van der Waals surface area contributed by atoms with Crippen molar-refractivity contribution in [3.8, 4) is 51.8 Å². The predicted molar refractivity (Wildman–Crippen MR) is 200 cm³/mol. The highest BCUT2D eigenvalue weighted by atomic mass is 15.0. The minimum atomic E-state index is 0.559. The van der Waals surface area contributed by atoms with Gasteiger partial charge in [0.1, 0.15) is 6.07 Å². The lowest BCUT2D eigenvalue weighted by Gasteiger charge is -2.16. The maximum Gasteiger partial charge on any atom is 0.101 e. The maximum absolute atomic E-state index is 10.3. The number of benzene rings is 7. The normalized spacial score (nSPS) is 11.1. The zero-order valence-electron chi connectivity index (χ0n) is 26.7. The van der Waals surface area contributed by atoms with Crippen LogP contribution in [-0.4, -0.2) is 9.13 Å². The minimum absolute atomic E-state index is 0.559. The first-order valence-electron chi connectivity index (χ1n) is 16.3. The summed E-state index contributed by atoms with van der Waals surface area (Å²) in [5, 5.41) is 34.2. The van der Waals surface area contributed by atoms with Crippen LogP contribution >= 0.6 is 0 Å². The molecule has 0 N–H and O–H groups in total. The molecule has 0 amide bonds. The highest BCUT2D eigenvalue weighted by Gasteiger charge is 2.20. The smallest absolute Gasteiger partial charge is 0.101 e. The van der Waals surface area contributed by atoms with Gasteiger partial charge in [-0.05, 0) is 77.4 Å². The van der Waals surface area contributed by atoms with E-state index in [2.05, 4.69) is 106 Å². The molecule has 9 aromatic rings. The lowest BCUT2D eigenvalue weighted by atomic mass is 9.95. The molecule has 0 saturated carbocycles. The average Bonchev–Trinajstić information content (AvgIpc) is 3.70. The second kappa shape index (κ2) is 11.4. The second-order valence-corrected chi connectivity index (χ2v) is 12.3. The van der Waals surface area contributed by atoms with Gasteiger partial charge in [-0.15, -0.1) is 0 Å². The van der Waals surface area contributed by atoms with Crippen molar-refractivity contribution >= 4 is 43.6 Å². The second-order valence-electron chi connectivity index (χ2n) is 12.3. The Balaban J connectivity index is 1.19. The molecular formula is C45H25N5. The molecule has 0 atom stereocenters. The third kappa shape index (κ3) is 4.31. The lowest BCUT2D eigenvalue weighted by Crippen LogP contribution is -2.00. The summed E-state index contributed by atoms with van der Waals surface area (Å²) in [6.07, 6.45) is 0. The summed E-state index contributed by atoms with van der Waals surface area (Å²) >= 11 is 0. The Morgan fingerprint density at radius 3 is 1.78 bits per heavy atom. The summed E-state index contributed by atoms with van der Waals surface area (Å²) in [5.74, 6) is 0. The van der Waals surface area contributed by atoms with Gasteiger partial charge in [-0.3, -0.25) is 0 Å². The lowest BCUT2D eigenvalue weighted by molar-refractivity contribution is 1.17. The van der Waals surface area contributed by atoms with E-state index >= 15 is 0 Å². The summed E-state index contributed by atoms with van der Waals surface area (Å²) in [6.45, 7) is 0. The van der Waals surface area contributed by atoms with Crippen LogP contribution in [0, 0.1) is 34.0 Å². The first-order valence-corrected chi connectivity index (χ1v) is 16.3. The van der Waals surface area contributed by atoms with E-state index in [-0.39, 0.29) is 0 Å². The molecule has 0 fully saturated rings. The van der Waals surface area contributed by atoms with E-state index in [0.29, 0.717) is 16.7 Å². The predicted octanol–water partition coefficient (Wildman–Crippen LogP) is 10.8. The van der Waals surface area contributed by atoms with Gasteiger partial charge in [-0.25, -0.2) is 0 Å². The molecule has 0 aliphatic carbocycles. The fourth-order valence-corrected chi connectivity index (χ4v) is 7.46. The number of hydrogen-bond donors (Lipinski definition) is 0. The highest BCUT2D eigenvalue weighted by molar-refractivity contribution is 6.12. The fourth-order valence-electron chi connectivity index (χ4n) is 7.46.